The highest BCUT2D eigenvalue weighted by Gasteiger charge is 2.19. The Hall–Kier alpha value is -0.980. The molecule has 0 spiro atoms. The fraction of sp³-hybridized carbons (Fsp3) is 0.478. The smallest absolute Gasteiger partial charge is 0.175 e. The molecule has 0 atom stereocenters. The number of hydrogen-bond acceptors (Lipinski definition) is 4. The number of hydrogen-bond donors (Lipinski definition) is 1. The van der Waals surface area contributed by atoms with E-state index in [0.29, 0.717) is 19.3 Å². The third-order valence-corrected chi connectivity index (χ3v) is 5.68. The predicted octanol–water partition coefficient (Wildman–Crippen LogP) is 5.84. The summed E-state index contributed by atoms with van der Waals surface area (Å²) in [6, 6.07) is 15.5. The second-order valence-electron chi connectivity index (χ2n) is 7.19. The van der Waals surface area contributed by atoms with Gasteiger partial charge < -0.3 is 14.8 Å². The molecular formula is C23H33BrCl2N2O2. The van der Waals surface area contributed by atoms with Gasteiger partial charge >= 0.3 is 0 Å². The van der Waals surface area contributed by atoms with E-state index in [1.165, 1.54) is 24.0 Å². The van der Waals surface area contributed by atoms with Gasteiger partial charge in [-0.15, -0.1) is 24.8 Å². The Bertz CT molecular complexity index is 741. The number of nitrogens with zero attached hydrogens (tertiary/aromatic N) is 1. The zero-order chi connectivity index (χ0) is 19.8. The minimum atomic E-state index is 0. The van der Waals surface area contributed by atoms with Crippen LogP contribution in [0.3, 0.4) is 0 Å². The Morgan fingerprint density at radius 2 is 1.63 bits per heavy atom. The first-order valence-electron chi connectivity index (χ1n) is 10.3. The molecule has 1 fully saturated rings. The molecule has 0 unspecified atom stereocenters. The van der Waals surface area contributed by atoms with Crippen molar-refractivity contribution in [3.8, 4) is 11.5 Å². The molecule has 30 heavy (non-hydrogen) atoms. The SMILES string of the molecule is CCOc1cc(CNC2CCN(Cc3ccccc3)CC2)cc(Br)c1OCC.Cl.Cl. The van der Waals surface area contributed by atoms with Gasteiger partial charge in [0, 0.05) is 19.1 Å². The van der Waals surface area contributed by atoms with Gasteiger partial charge in [-0.3, -0.25) is 4.90 Å². The van der Waals surface area contributed by atoms with Crippen molar-refractivity contribution in [2.45, 2.75) is 45.8 Å². The van der Waals surface area contributed by atoms with Crippen LogP contribution in [-0.2, 0) is 13.1 Å². The fourth-order valence-corrected chi connectivity index (χ4v) is 4.27. The Morgan fingerprint density at radius 1 is 0.967 bits per heavy atom. The van der Waals surface area contributed by atoms with Crippen LogP contribution < -0.4 is 14.8 Å². The van der Waals surface area contributed by atoms with Gasteiger partial charge in [-0.2, -0.15) is 0 Å². The number of ether oxygens (including phenoxy) is 2. The minimum Gasteiger partial charge on any atom is -0.490 e. The molecule has 7 heteroatoms. The summed E-state index contributed by atoms with van der Waals surface area (Å²) < 4.78 is 12.5. The summed E-state index contributed by atoms with van der Waals surface area (Å²) in [7, 11) is 0. The zero-order valence-corrected chi connectivity index (χ0v) is 21.0. The molecular weight excluding hydrogens is 487 g/mol. The lowest BCUT2D eigenvalue weighted by atomic mass is 10.0. The molecule has 2 aromatic carbocycles. The van der Waals surface area contributed by atoms with Crippen LogP contribution >= 0.6 is 40.7 Å². The van der Waals surface area contributed by atoms with Crippen molar-refractivity contribution >= 4 is 40.7 Å². The maximum absolute atomic E-state index is 5.78. The second kappa shape index (κ2) is 14.2. The molecule has 0 aromatic heterocycles. The largest absolute Gasteiger partial charge is 0.490 e. The molecule has 168 valence electrons. The molecule has 0 saturated carbocycles. The van der Waals surface area contributed by atoms with E-state index in [0.717, 1.165) is 42.2 Å². The van der Waals surface area contributed by atoms with Crippen LogP contribution in [0, 0.1) is 0 Å². The highest BCUT2D eigenvalue weighted by molar-refractivity contribution is 9.10. The highest BCUT2D eigenvalue weighted by atomic mass is 79.9. The van der Waals surface area contributed by atoms with Gasteiger partial charge in [0.2, 0.25) is 0 Å². The molecule has 0 bridgehead atoms. The van der Waals surface area contributed by atoms with Crippen LogP contribution in [0.4, 0.5) is 0 Å². The van der Waals surface area contributed by atoms with Crippen molar-refractivity contribution in [3.63, 3.8) is 0 Å². The van der Waals surface area contributed by atoms with E-state index in [4.69, 9.17) is 9.47 Å². The summed E-state index contributed by atoms with van der Waals surface area (Å²) in [6.45, 7) is 9.42. The standard InChI is InChI=1S/C23H31BrN2O2.2ClH/c1-3-27-22-15-19(14-21(24)23(22)28-4-2)16-25-20-10-12-26(13-11-20)17-18-8-6-5-7-9-18;;/h5-9,14-15,20,25H,3-4,10-13,16-17H2,1-2H3;2*1H. The number of piperidine rings is 1. The maximum Gasteiger partial charge on any atom is 0.175 e. The number of benzene rings is 2. The van der Waals surface area contributed by atoms with Gasteiger partial charge in [0.25, 0.3) is 0 Å². The van der Waals surface area contributed by atoms with Crippen LogP contribution in [-0.4, -0.2) is 37.2 Å². The first-order chi connectivity index (χ1) is 13.7. The molecule has 1 N–H and O–H groups in total. The molecule has 1 aliphatic heterocycles. The third-order valence-electron chi connectivity index (χ3n) is 5.09. The van der Waals surface area contributed by atoms with Gasteiger partial charge in [-0.1, -0.05) is 30.3 Å². The Morgan fingerprint density at radius 3 is 2.27 bits per heavy atom. The lowest BCUT2D eigenvalue weighted by Gasteiger charge is -2.32. The molecule has 0 radical (unpaired) electrons. The maximum atomic E-state index is 5.78. The average Bonchev–Trinajstić information content (AvgIpc) is 2.71. The number of nitrogens with one attached hydrogen (secondary N) is 1. The summed E-state index contributed by atoms with van der Waals surface area (Å²) in [5.41, 5.74) is 2.61. The van der Waals surface area contributed by atoms with Crippen LogP contribution in [0.2, 0.25) is 0 Å². The summed E-state index contributed by atoms with van der Waals surface area (Å²) >= 11 is 3.63. The van der Waals surface area contributed by atoms with Crippen molar-refractivity contribution in [3.05, 3.63) is 58.1 Å². The van der Waals surface area contributed by atoms with Crippen molar-refractivity contribution in [2.24, 2.45) is 0 Å². The van der Waals surface area contributed by atoms with Gasteiger partial charge in [-0.05, 0) is 79.0 Å². The van der Waals surface area contributed by atoms with E-state index < -0.39 is 0 Å². The number of halogens is 3. The van der Waals surface area contributed by atoms with E-state index in [1.54, 1.807) is 0 Å². The molecule has 2 aromatic rings. The molecule has 1 heterocycles. The van der Waals surface area contributed by atoms with E-state index in [2.05, 4.69) is 68.6 Å². The topological polar surface area (TPSA) is 33.7 Å². The summed E-state index contributed by atoms with van der Waals surface area (Å²) in [5, 5.41) is 3.73. The molecule has 0 aliphatic carbocycles. The van der Waals surface area contributed by atoms with Crippen LogP contribution in [0.15, 0.2) is 46.9 Å². The van der Waals surface area contributed by atoms with E-state index in [9.17, 15) is 0 Å². The van der Waals surface area contributed by atoms with Gasteiger partial charge in [-0.25, -0.2) is 0 Å². The quantitative estimate of drug-likeness (QED) is 0.451. The number of rotatable bonds is 9. The third kappa shape index (κ3) is 7.93. The van der Waals surface area contributed by atoms with E-state index in [-0.39, 0.29) is 24.8 Å². The number of likely N-dealkylation sites (tertiary alicyclic amines) is 1. The van der Waals surface area contributed by atoms with Gasteiger partial charge in [0.15, 0.2) is 11.5 Å². The van der Waals surface area contributed by atoms with Crippen LogP contribution in [0.1, 0.15) is 37.8 Å². The van der Waals surface area contributed by atoms with E-state index >= 15 is 0 Å². The lowest BCUT2D eigenvalue weighted by molar-refractivity contribution is 0.190. The molecule has 4 nitrogen and oxygen atoms in total. The average molecular weight is 520 g/mol. The first-order valence-corrected chi connectivity index (χ1v) is 11.1. The molecule has 3 rings (SSSR count). The Kier molecular flexibility index (Phi) is 12.8. The predicted molar refractivity (Wildman–Crippen MR) is 133 cm³/mol. The molecule has 0 amide bonds. The minimum absolute atomic E-state index is 0. The zero-order valence-electron chi connectivity index (χ0n) is 17.7. The van der Waals surface area contributed by atoms with Crippen LogP contribution in [0.25, 0.3) is 0 Å². The Balaban J connectivity index is 0.00000225. The van der Waals surface area contributed by atoms with Gasteiger partial charge in [0.1, 0.15) is 0 Å². The summed E-state index contributed by atoms with van der Waals surface area (Å²) in [6.07, 6.45) is 2.37. The van der Waals surface area contributed by atoms with Crippen molar-refractivity contribution in [2.75, 3.05) is 26.3 Å². The highest BCUT2D eigenvalue weighted by Crippen LogP contribution is 2.37. The van der Waals surface area contributed by atoms with Crippen molar-refractivity contribution in [1.82, 2.24) is 10.2 Å². The summed E-state index contributed by atoms with van der Waals surface area (Å²) in [5.74, 6) is 1.61. The Labute approximate surface area is 201 Å². The van der Waals surface area contributed by atoms with E-state index in [1.807, 2.05) is 13.8 Å². The molecule has 1 aliphatic rings. The first kappa shape index (κ1) is 27.1. The lowest BCUT2D eigenvalue weighted by Crippen LogP contribution is -2.41. The summed E-state index contributed by atoms with van der Waals surface area (Å²) in [4.78, 5) is 2.55. The fourth-order valence-electron chi connectivity index (χ4n) is 3.67. The van der Waals surface area contributed by atoms with Crippen molar-refractivity contribution in [1.29, 1.82) is 0 Å². The van der Waals surface area contributed by atoms with Crippen molar-refractivity contribution < 1.29 is 9.47 Å². The van der Waals surface area contributed by atoms with Gasteiger partial charge in [0.05, 0.1) is 17.7 Å². The monoisotopic (exact) mass is 518 g/mol. The second-order valence-corrected chi connectivity index (χ2v) is 8.04. The molecule has 1 saturated heterocycles. The normalized spacial score (nSPS) is 14.5. The van der Waals surface area contributed by atoms with Crippen LogP contribution in [0.5, 0.6) is 11.5 Å².